The summed E-state index contributed by atoms with van der Waals surface area (Å²) in [5, 5.41) is 13.2. The van der Waals surface area contributed by atoms with Crippen molar-refractivity contribution in [2.24, 2.45) is 27.8 Å². The van der Waals surface area contributed by atoms with Crippen molar-refractivity contribution >= 4 is 17.7 Å². The van der Waals surface area contributed by atoms with Crippen LogP contribution >= 0.6 is 0 Å². The van der Waals surface area contributed by atoms with Crippen molar-refractivity contribution in [1.82, 2.24) is 0 Å². The van der Waals surface area contributed by atoms with Gasteiger partial charge in [0.05, 0.1) is 12.8 Å². The first-order valence-corrected chi connectivity index (χ1v) is 10.4. The maximum Gasteiger partial charge on any atom is 0.330 e. The van der Waals surface area contributed by atoms with Gasteiger partial charge in [0.25, 0.3) is 0 Å². The number of ether oxygens (including phenoxy) is 2. The van der Waals surface area contributed by atoms with Gasteiger partial charge in [-0.05, 0) is 62.7 Å². The number of hydrogen-bond donors (Lipinski definition) is 1. The van der Waals surface area contributed by atoms with Gasteiger partial charge in [-0.25, -0.2) is 4.79 Å². The molecule has 2 aliphatic rings. The lowest BCUT2D eigenvalue weighted by Crippen LogP contribution is -2.56. The van der Waals surface area contributed by atoms with Crippen molar-refractivity contribution in [3.63, 3.8) is 0 Å². The highest BCUT2D eigenvalue weighted by Crippen LogP contribution is 2.61. The molecule has 0 aromatic heterocycles. The second kappa shape index (κ2) is 9.14. The minimum absolute atomic E-state index is 0.0377. The molecule has 0 radical (unpaired) electrons. The Labute approximate surface area is 174 Å². The van der Waals surface area contributed by atoms with E-state index in [1.54, 1.807) is 6.08 Å². The van der Waals surface area contributed by atoms with Crippen LogP contribution in [0.1, 0.15) is 66.2 Å². The summed E-state index contributed by atoms with van der Waals surface area (Å²) in [6.45, 7) is 12.3. The number of nitrogens with zero attached hydrogens (tertiary/aromatic N) is 1. The molecule has 0 saturated heterocycles. The van der Waals surface area contributed by atoms with E-state index >= 15 is 0 Å². The van der Waals surface area contributed by atoms with E-state index in [4.69, 9.17) is 9.47 Å². The predicted octanol–water partition coefficient (Wildman–Crippen LogP) is 4.67. The van der Waals surface area contributed by atoms with E-state index < -0.39 is 5.41 Å². The van der Waals surface area contributed by atoms with Gasteiger partial charge < -0.3 is 14.7 Å². The highest BCUT2D eigenvalue weighted by molar-refractivity contribution is 5.91. The third-order valence-corrected chi connectivity index (χ3v) is 7.26. The molecule has 2 fully saturated rings. The Balaban J connectivity index is 2.30. The SMILES string of the molecule is C=C1CC[C@@H]2[C@](C)(CC/C(=N\O)[C@@]2(C)COC(C)=O)[C@H]1CC/C(C)=C/C(=O)OC. The number of esters is 2. The fourth-order valence-electron chi connectivity index (χ4n) is 5.65. The van der Waals surface area contributed by atoms with Crippen LogP contribution in [0.25, 0.3) is 0 Å². The first kappa shape index (κ1) is 23.2. The number of fused-ring (bicyclic) bond motifs is 1. The summed E-state index contributed by atoms with van der Waals surface area (Å²) in [6.07, 6.45) is 6.65. The van der Waals surface area contributed by atoms with Crippen LogP contribution in [0.5, 0.6) is 0 Å². The van der Waals surface area contributed by atoms with Gasteiger partial charge in [0.1, 0.15) is 6.61 Å². The molecule has 2 saturated carbocycles. The summed E-state index contributed by atoms with van der Waals surface area (Å²) >= 11 is 0. The lowest BCUT2D eigenvalue weighted by Gasteiger charge is -2.58. The van der Waals surface area contributed by atoms with Crippen molar-refractivity contribution < 1.29 is 24.3 Å². The Bertz CT molecular complexity index is 725. The minimum Gasteiger partial charge on any atom is -0.466 e. The quantitative estimate of drug-likeness (QED) is 0.228. The van der Waals surface area contributed by atoms with Crippen molar-refractivity contribution in [2.75, 3.05) is 13.7 Å². The summed E-state index contributed by atoms with van der Waals surface area (Å²) < 4.78 is 10.1. The third-order valence-electron chi connectivity index (χ3n) is 7.26. The zero-order valence-electron chi connectivity index (χ0n) is 18.4. The van der Waals surface area contributed by atoms with Crippen LogP contribution in [0.15, 0.2) is 29.0 Å². The summed E-state index contributed by atoms with van der Waals surface area (Å²) in [6, 6.07) is 0. The maximum atomic E-state index is 11.5. The molecule has 1 N–H and O–H groups in total. The van der Waals surface area contributed by atoms with E-state index in [-0.39, 0.29) is 29.9 Å². The Hall–Kier alpha value is -2.11. The second-order valence-corrected chi connectivity index (χ2v) is 9.10. The normalized spacial score (nSPS) is 33.9. The van der Waals surface area contributed by atoms with Crippen LogP contribution in [0, 0.1) is 22.7 Å². The number of oxime groups is 1. The van der Waals surface area contributed by atoms with E-state index in [9.17, 15) is 14.8 Å². The Kier molecular flexibility index (Phi) is 7.30. The fourth-order valence-corrected chi connectivity index (χ4v) is 5.65. The van der Waals surface area contributed by atoms with Crippen LogP contribution in [-0.4, -0.2) is 36.6 Å². The van der Waals surface area contributed by atoms with Gasteiger partial charge >= 0.3 is 11.9 Å². The van der Waals surface area contributed by atoms with Gasteiger partial charge in [0.15, 0.2) is 0 Å². The van der Waals surface area contributed by atoms with E-state index in [0.717, 1.165) is 37.7 Å². The van der Waals surface area contributed by atoms with E-state index in [1.165, 1.54) is 19.6 Å². The number of methoxy groups -OCH3 is 1. The van der Waals surface area contributed by atoms with Crippen LogP contribution in [0.4, 0.5) is 0 Å². The van der Waals surface area contributed by atoms with Crippen molar-refractivity contribution in [3.8, 4) is 0 Å². The average Bonchev–Trinajstić information content (AvgIpc) is 2.65. The number of carbonyl (C=O) groups is 2. The number of rotatable bonds is 6. The highest BCUT2D eigenvalue weighted by Gasteiger charge is 2.57. The molecule has 2 rings (SSSR count). The molecule has 4 atom stereocenters. The fraction of sp³-hybridized carbons (Fsp3) is 0.696. The molecular formula is C23H35NO5. The lowest BCUT2D eigenvalue weighted by atomic mass is 9.46. The van der Waals surface area contributed by atoms with Crippen LogP contribution in [-0.2, 0) is 19.1 Å². The molecule has 0 spiro atoms. The summed E-state index contributed by atoms with van der Waals surface area (Å²) in [4.78, 5) is 23.0. The molecule has 0 aromatic rings. The van der Waals surface area contributed by atoms with Gasteiger partial charge in [-0.2, -0.15) is 0 Å². The van der Waals surface area contributed by atoms with Crippen molar-refractivity contribution in [2.45, 2.75) is 66.2 Å². The third kappa shape index (κ3) is 4.73. The molecule has 0 bridgehead atoms. The molecule has 6 nitrogen and oxygen atoms in total. The maximum absolute atomic E-state index is 11.5. The van der Waals surface area contributed by atoms with E-state index in [1.807, 2.05) is 6.92 Å². The Morgan fingerprint density at radius 1 is 1.31 bits per heavy atom. The van der Waals surface area contributed by atoms with Crippen molar-refractivity contribution in [3.05, 3.63) is 23.8 Å². The zero-order valence-corrected chi connectivity index (χ0v) is 18.4. The Morgan fingerprint density at radius 3 is 2.59 bits per heavy atom. The first-order chi connectivity index (χ1) is 13.6. The standard InChI is InChI=1S/C23H35NO5/c1-15(13-21(26)28-6)7-9-18-16(2)8-10-19-22(18,4)12-11-20(24-27)23(19,5)14-29-17(3)25/h13,18-19,27H,2,7-12,14H2,1,3-6H3/b15-13+,24-20+/t18-,19+,22+,23-/m0/s1. The second-order valence-electron chi connectivity index (χ2n) is 9.10. The molecular weight excluding hydrogens is 370 g/mol. The first-order valence-electron chi connectivity index (χ1n) is 10.4. The van der Waals surface area contributed by atoms with Gasteiger partial charge in [-0.15, -0.1) is 0 Å². The van der Waals surface area contributed by atoms with Crippen molar-refractivity contribution in [1.29, 1.82) is 0 Å². The smallest absolute Gasteiger partial charge is 0.330 e. The van der Waals surface area contributed by atoms with Crippen LogP contribution < -0.4 is 0 Å². The van der Waals surface area contributed by atoms with E-state index in [2.05, 4.69) is 25.6 Å². The van der Waals surface area contributed by atoms with Crippen LogP contribution in [0.2, 0.25) is 0 Å². The largest absolute Gasteiger partial charge is 0.466 e. The predicted molar refractivity (Wildman–Crippen MR) is 112 cm³/mol. The average molecular weight is 406 g/mol. The molecule has 0 unspecified atom stereocenters. The number of allylic oxidation sites excluding steroid dienone is 2. The monoisotopic (exact) mass is 405 g/mol. The molecule has 29 heavy (non-hydrogen) atoms. The number of carbonyl (C=O) groups excluding carboxylic acids is 2. The molecule has 0 amide bonds. The highest BCUT2D eigenvalue weighted by atomic mass is 16.5. The van der Waals surface area contributed by atoms with Gasteiger partial charge in [0.2, 0.25) is 0 Å². The molecule has 6 heteroatoms. The van der Waals surface area contributed by atoms with Crippen LogP contribution in [0.3, 0.4) is 0 Å². The lowest BCUT2D eigenvalue weighted by molar-refractivity contribution is -0.146. The summed E-state index contributed by atoms with van der Waals surface area (Å²) in [7, 11) is 1.38. The van der Waals surface area contributed by atoms with E-state index in [0.29, 0.717) is 18.1 Å². The molecule has 0 heterocycles. The van der Waals surface area contributed by atoms with Gasteiger partial charge in [-0.3, -0.25) is 4.79 Å². The topological polar surface area (TPSA) is 85.2 Å². The molecule has 0 aromatic carbocycles. The number of hydrogen-bond acceptors (Lipinski definition) is 6. The molecule has 0 aliphatic heterocycles. The summed E-state index contributed by atoms with van der Waals surface area (Å²) in [5.74, 6) is -0.144. The molecule has 2 aliphatic carbocycles. The summed E-state index contributed by atoms with van der Waals surface area (Å²) in [5.41, 5.74) is 2.42. The van der Waals surface area contributed by atoms with Gasteiger partial charge in [0, 0.05) is 18.4 Å². The molecule has 162 valence electrons. The Morgan fingerprint density at radius 2 is 2.00 bits per heavy atom. The minimum atomic E-state index is -0.497. The van der Waals surface area contributed by atoms with Gasteiger partial charge in [-0.1, -0.05) is 36.7 Å². The zero-order chi connectivity index (χ0) is 21.8.